The molecule has 100 valence electrons. The van der Waals surface area contributed by atoms with Crippen molar-refractivity contribution in [1.29, 1.82) is 0 Å². The minimum absolute atomic E-state index is 0.0233. The van der Waals surface area contributed by atoms with Gasteiger partial charge in [-0.2, -0.15) is 0 Å². The third kappa shape index (κ3) is 4.79. The largest absolute Gasteiger partial charge is 0.352 e. The van der Waals surface area contributed by atoms with E-state index in [1.54, 1.807) is 6.20 Å². The molecule has 0 bridgehead atoms. The molecule has 5 heteroatoms. The predicted octanol–water partition coefficient (Wildman–Crippen LogP) is 1.18. The summed E-state index contributed by atoms with van der Waals surface area (Å²) >= 11 is 0. The molecule has 2 unspecified atom stereocenters. The van der Waals surface area contributed by atoms with Crippen molar-refractivity contribution in [3.63, 3.8) is 0 Å². The molecule has 0 fully saturated rings. The molecule has 0 spiro atoms. The van der Waals surface area contributed by atoms with Crippen LogP contribution >= 0.6 is 0 Å². The van der Waals surface area contributed by atoms with Gasteiger partial charge in [-0.25, -0.2) is 9.97 Å². The number of nitrogens with zero attached hydrogens (tertiary/aromatic N) is 2. The number of hydrogen-bond donors (Lipinski definition) is 2. The minimum atomic E-state index is -0.228. The second-order valence-corrected chi connectivity index (χ2v) is 4.52. The summed E-state index contributed by atoms with van der Waals surface area (Å²) < 4.78 is 0. The summed E-state index contributed by atoms with van der Waals surface area (Å²) in [6.45, 7) is 8.32. The average Bonchev–Trinajstić information content (AvgIpc) is 2.35. The molecular weight excluding hydrogens is 228 g/mol. The lowest BCUT2D eigenvalue weighted by molar-refractivity contribution is -0.123. The van der Waals surface area contributed by atoms with Crippen molar-refractivity contribution in [2.75, 3.05) is 0 Å². The molecule has 1 heterocycles. The molecule has 18 heavy (non-hydrogen) atoms. The van der Waals surface area contributed by atoms with Crippen molar-refractivity contribution in [3.8, 4) is 0 Å². The lowest BCUT2D eigenvalue weighted by Crippen LogP contribution is -2.45. The summed E-state index contributed by atoms with van der Waals surface area (Å²) in [5.41, 5.74) is 0.894. The molecule has 2 atom stereocenters. The first-order chi connectivity index (χ1) is 8.52. The van der Waals surface area contributed by atoms with Crippen LogP contribution in [0.1, 0.15) is 38.7 Å². The number of nitrogens with one attached hydrogen (secondary N) is 2. The number of carbonyl (C=O) groups is 1. The fourth-order valence-electron chi connectivity index (χ4n) is 1.42. The molecule has 0 aliphatic carbocycles. The maximum atomic E-state index is 11.8. The highest BCUT2D eigenvalue weighted by molar-refractivity contribution is 5.81. The van der Waals surface area contributed by atoms with Gasteiger partial charge in [-0.05, 0) is 33.3 Å². The Kier molecular flexibility index (Phi) is 5.71. The topological polar surface area (TPSA) is 66.9 Å². The lowest BCUT2D eigenvalue weighted by atomic mass is 10.2. The van der Waals surface area contributed by atoms with E-state index < -0.39 is 0 Å². The third-order valence-electron chi connectivity index (χ3n) is 2.82. The predicted molar refractivity (Wildman–Crippen MR) is 71.0 cm³/mol. The number of aryl methyl sites for hydroxylation is 1. The number of hydrogen-bond acceptors (Lipinski definition) is 4. The van der Waals surface area contributed by atoms with Gasteiger partial charge >= 0.3 is 0 Å². The van der Waals surface area contributed by atoms with E-state index >= 15 is 0 Å². The summed E-state index contributed by atoms with van der Waals surface area (Å²) in [6.07, 6.45) is 2.66. The van der Waals surface area contributed by atoms with Crippen LogP contribution in [-0.4, -0.2) is 28.0 Å². The minimum Gasteiger partial charge on any atom is -0.352 e. The van der Waals surface area contributed by atoms with Crippen LogP contribution in [0.15, 0.2) is 12.3 Å². The van der Waals surface area contributed by atoms with Crippen LogP contribution in [-0.2, 0) is 11.3 Å². The second-order valence-electron chi connectivity index (χ2n) is 4.52. The zero-order valence-electron chi connectivity index (χ0n) is 11.5. The Labute approximate surface area is 108 Å². The third-order valence-corrected chi connectivity index (χ3v) is 2.82. The van der Waals surface area contributed by atoms with Gasteiger partial charge in [0.1, 0.15) is 5.82 Å². The summed E-state index contributed by atoms with van der Waals surface area (Å²) in [6, 6.07) is 1.83. The summed E-state index contributed by atoms with van der Waals surface area (Å²) in [7, 11) is 0. The molecule has 0 aliphatic heterocycles. The van der Waals surface area contributed by atoms with E-state index in [-0.39, 0.29) is 18.0 Å². The first kappa shape index (κ1) is 14.6. The molecule has 0 aromatic carbocycles. The van der Waals surface area contributed by atoms with Gasteiger partial charge in [-0.1, -0.05) is 6.92 Å². The van der Waals surface area contributed by atoms with Crippen LogP contribution in [0.2, 0.25) is 0 Å². The number of aromatic nitrogens is 2. The monoisotopic (exact) mass is 250 g/mol. The Hall–Kier alpha value is -1.49. The summed E-state index contributed by atoms with van der Waals surface area (Å²) in [5, 5.41) is 6.10. The molecule has 1 aromatic rings. The van der Waals surface area contributed by atoms with Crippen molar-refractivity contribution < 1.29 is 4.79 Å². The fourth-order valence-corrected chi connectivity index (χ4v) is 1.42. The quantitative estimate of drug-likeness (QED) is 0.795. The van der Waals surface area contributed by atoms with E-state index in [2.05, 4.69) is 20.6 Å². The molecule has 0 saturated carbocycles. The normalized spacial score (nSPS) is 14.0. The Morgan fingerprint density at radius 2 is 2.17 bits per heavy atom. The van der Waals surface area contributed by atoms with Crippen molar-refractivity contribution in [3.05, 3.63) is 23.8 Å². The van der Waals surface area contributed by atoms with Crippen LogP contribution in [0.3, 0.4) is 0 Å². The van der Waals surface area contributed by atoms with E-state index in [1.165, 1.54) is 0 Å². The SMILES string of the molecule is CCC(C)NC(=O)C(C)NCc1ccnc(C)n1. The molecule has 5 nitrogen and oxygen atoms in total. The zero-order chi connectivity index (χ0) is 13.5. The van der Waals surface area contributed by atoms with E-state index in [0.717, 1.165) is 17.9 Å². The van der Waals surface area contributed by atoms with Gasteiger partial charge in [0.2, 0.25) is 5.91 Å². The highest BCUT2D eigenvalue weighted by atomic mass is 16.2. The number of carbonyl (C=O) groups excluding carboxylic acids is 1. The smallest absolute Gasteiger partial charge is 0.237 e. The maximum Gasteiger partial charge on any atom is 0.237 e. The van der Waals surface area contributed by atoms with Gasteiger partial charge < -0.3 is 10.6 Å². The van der Waals surface area contributed by atoms with Gasteiger partial charge in [0.25, 0.3) is 0 Å². The van der Waals surface area contributed by atoms with Gasteiger partial charge in [-0.15, -0.1) is 0 Å². The Bertz CT molecular complexity index is 394. The van der Waals surface area contributed by atoms with Crippen LogP contribution < -0.4 is 10.6 Å². The van der Waals surface area contributed by atoms with E-state index in [9.17, 15) is 4.79 Å². The van der Waals surface area contributed by atoms with Crippen LogP contribution in [0.4, 0.5) is 0 Å². The molecule has 1 amide bonds. The van der Waals surface area contributed by atoms with E-state index in [1.807, 2.05) is 33.8 Å². The molecule has 2 N–H and O–H groups in total. The van der Waals surface area contributed by atoms with Crippen LogP contribution in [0.5, 0.6) is 0 Å². The second kappa shape index (κ2) is 7.06. The Morgan fingerprint density at radius 1 is 1.44 bits per heavy atom. The standard InChI is InChI=1S/C13H22N4O/c1-5-9(2)16-13(18)10(3)15-8-12-6-7-14-11(4)17-12/h6-7,9-10,15H,5,8H2,1-4H3,(H,16,18). The van der Waals surface area contributed by atoms with Crippen molar-refractivity contribution in [2.45, 2.75) is 52.7 Å². The zero-order valence-corrected chi connectivity index (χ0v) is 11.5. The summed E-state index contributed by atoms with van der Waals surface area (Å²) in [4.78, 5) is 20.1. The Balaban J connectivity index is 2.41. The number of amides is 1. The lowest BCUT2D eigenvalue weighted by Gasteiger charge is -2.17. The molecule has 1 rings (SSSR count). The summed E-state index contributed by atoms with van der Waals surface area (Å²) in [5.74, 6) is 0.765. The first-order valence-electron chi connectivity index (χ1n) is 6.35. The first-order valence-corrected chi connectivity index (χ1v) is 6.35. The number of rotatable bonds is 6. The fraction of sp³-hybridized carbons (Fsp3) is 0.615. The average molecular weight is 250 g/mol. The van der Waals surface area contributed by atoms with Gasteiger partial charge in [-0.3, -0.25) is 4.79 Å². The molecule has 0 aliphatic rings. The highest BCUT2D eigenvalue weighted by Crippen LogP contribution is 1.96. The molecule has 1 aromatic heterocycles. The van der Waals surface area contributed by atoms with Crippen molar-refractivity contribution in [2.24, 2.45) is 0 Å². The van der Waals surface area contributed by atoms with Crippen molar-refractivity contribution >= 4 is 5.91 Å². The molecular formula is C13H22N4O. The maximum absolute atomic E-state index is 11.8. The molecule has 0 saturated heterocycles. The van der Waals surface area contributed by atoms with Gasteiger partial charge in [0.05, 0.1) is 11.7 Å². The highest BCUT2D eigenvalue weighted by Gasteiger charge is 2.13. The Morgan fingerprint density at radius 3 is 2.78 bits per heavy atom. The molecule has 0 radical (unpaired) electrons. The van der Waals surface area contributed by atoms with Gasteiger partial charge in [0.15, 0.2) is 0 Å². The van der Waals surface area contributed by atoms with E-state index in [4.69, 9.17) is 0 Å². The van der Waals surface area contributed by atoms with Crippen LogP contribution in [0.25, 0.3) is 0 Å². The van der Waals surface area contributed by atoms with Crippen LogP contribution in [0, 0.1) is 6.92 Å². The van der Waals surface area contributed by atoms with E-state index in [0.29, 0.717) is 6.54 Å². The van der Waals surface area contributed by atoms with Crippen molar-refractivity contribution in [1.82, 2.24) is 20.6 Å². The van der Waals surface area contributed by atoms with Gasteiger partial charge in [0, 0.05) is 18.8 Å².